The van der Waals surface area contributed by atoms with Crippen molar-refractivity contribution in [3.8, 4) is 0 Å². The second-order valence-corrected chi connectivity index (χ2v) is 9.01. The molecule has 1 aliphatic heterocycles. The van der Waals surface area contributed by atoms with Gasteiger partial charge in [-0.15, -0.1) is 0 Å². The molecule has 0 aromatic carbocycles. The van der Waals surface area contributed by atoms with Gasteiger partial charge < -0.3 is 8.97 Å². The summed E-state index contributed by atoms with van der Waals surface area (Å²) < 4.78 is 2.48. The lowest BCUT2D eigenvalue weighted by Gasteiger charge is -2.31. The highest BCUT2D eigenvalue weighted by molar-refractivity contribution is 4.50. The number of hydrogen-bond donors (Lipinski definition) is 0. The highest BCUT2D eigenvalue weighted by Crippen LogP contribution is 2.14. The maximum Gasteiger partial charge on any atom is 0.0782 e. The Bertz CT molecular complexity index is 243. The fraction of sp³-hybridized carbons (Fsp3) is 1.00. The molecular weight excluding hydrogens is 268 g/mol. The Morgan fingerprint density at radius 2 is 0.500 bits per heavy atom. The minimum absolute atomic E-state index is 1.24. The van der Waals surface area contributed by atoms with Gasteiger partial charge in [-0.25, -0.2) is 0 Å². The van der Waals surface area contributed by atoms with Crippen LogP contribution in [-0.4, -0.2) is 63.3 Å². The van der Waals surface area contributed by atoms with E-state index < -0.39 is 0 Å². The number of quaternary nitrogens is 2. The average molecular weight is 313 g/mol. The van der Waals surface area contributed by atoms with E-state index in [1.165, 1.54) is 112 Å². The van der Waals surface area contributed by atoms with E-state index in [0.29, 0.717) is 0 Å². The van der Waals surface area contributed by atoms with E-state index in [9.17, 15) is 0 Å². The molecule has 0 aromatic rings. The molecule has 1 saturated heterocycles. The maximum atomic E-state index is 2.43. The summed E-state index contributed by atoms with van der Waals surface area (Å²) in [7, 11) is 9.72. The smallest absolute Gasteiger partial charge is 0.0782 e. The van der Waals surface area contributed by atoms with Gasteiger partial charge in [-0.05, 0) is 51.4 Å². The first-order chi connectivity index (χ1) is 10.4. The van der Waals surface area contributed by atoms with Crippen LogP contribution in [0.2, 0.25) is 0 Å². The summed E-state index contributed by atoms with van der Waals surface area (Å²) in [6.45, 7) is 5.50. The highest BCUT2D eigenvalue weighted by atomic mass is 15.3. The number of hydrogen-bond acceptors (Lipinski definition) is 0. The molecule has 0 N–H and O–H groups in total. The standard InChI is InChI=1S/C20H44N2/c1-21(2)17-13-9-7-5-6-8-10-14-18-22(3,4)20-16-12-11-15-19-21/h5-20H2,1-4H3/q+2. The molecule has 1 heterocycles. The fourth-order valence-electron chi connectivity index (χ4n) is 3.80. The van der Waals surface area contributed by atoms with Crippen LogP contribution in [-0.2, 0) is 0 Å². The molecule has 0 amide bonds. The third kappa shape index (κ3) is 10.6. The van der Waals surface area contributed by atoms with Crippen LogP contribution in [0.25, 0.3) is 0 Å². The SMILES string of the molecule is C[N+]1(C)CCCCCCCCCC[N+](C)(C)CCCCCC1. The largest absolute Gasteiger partial charge is 0.328 e. The van der Waals surface area contributed by atoms with Gasteiger partial charge in [-0.2, -0.15) is 0 Å². The van der Waals surface area contributed by atoms with Crippen LogP contribution in [0.1, 0.15) is 77.0 Å². The molecular formula is C20H44N2+2. The third-order valence-electron chi connectivity index (χ3n) is 5.55. The molecule has 1 rings (SSSR count). The minimum Gasteiger partial charge on any atom is -0.328 e. The summed E-state index contributed by atoms with van der Waals surface area (Å²) in [5, 5.41) is 0. The van der Waals surface area contributed by atoms with Gasteiger partial charge in [-0.1, -0.05) is 25.7 Å². The molecule has 0 bridgehead atoms. The Balaban J connectivity index is 2.33. The van der Waals surface area contributed by atoms with Gasteiger partial charge in [0.15, 0.2) is 0 Å². The number of nitrogens with zero attached hydrogens (tertiary/aromatic N) is 2. The lowest BCUT2D eigenvalue weighted by Crippen LogP contribution is -2.41. The minimum atomic E-state index is 1.24. The summed E-state index contributed by atoms with van der Waals surface area (Å²) in [5.74, 6) is 0. The fourth-order valence-corrected chi connectivity index (χ4v) is 3.80. The summed E-state index contributed by atoms with van der Waals surface area (Å²) in [4.78, 5) is 0. The molecule has 0 saturated carbocycles. The van der Waals surface area contributed by atoms with Gasteiger partial charge >= 0.3 is 0 Å². The first-order valence-electron chi connectivity index (χ1n) is 10.1. The van der Waals surface area contributed by atoms with E-state index in [2.05, 4.69) is 28.2 Å². The van der Waals surface area contributed by atoms with Crippen molar-refractivity contribution in [2.75, 3.05) is 54.4 Å². The molecule has 0 unspecified atom stereocenters. The van der Waals surface area contributed by atoms with Crippen LogP contribution in [0.4, 0.5) is 0 Å². The van der Waals surface area contributed by atoms with E-state index in [1.807, 2.05) is 0 Å². The molecule has 1 aliphatic rings. The van der Waals surface area contributed by atoms with E-state index in [0.717, 1.165) is 0 Å². The second-order valence-electron chi connectivity index (χ2n) is 9.01. The first kappa shape index (κ1) is 20.0. The van der Waals surface area contributed by atoms with Gasteiger partial charge in [0.1, 0.15) is 0 Å². The predicted octanol–water partition coefficient (Wildman–Crippen LogP) is 4.83. The Labute approximate surface area is 141 Å². The molecule has 0 radical (unpaired) electrons. The van der Waals surface area contributed by atoms with Crippen LogP contribution in [0, 0.1) is 0 Å². The zero-order valence-corrected chi connectivity index (χ0v) is 16.2. The molecule has 22 heavy (non-hydrogen) atoms. The predicted molar refractivity (Wildman–Crippen MR) is 99.1 cm³/mol. The summed E-state index contributed by atoms with van der Waals surface area (Å²) >= 11 is 0. The van der Waals surface area contributed by atoms with Crippen molar-refractivity contribution in [2.24, 2.45) is 0 Å². The van der Waals surface area contributed by atoms with Crippen molar-refractivity contribution >= 4 is 0 Å². The van der Waals surface area contributed by atoms with Crippen LogP contribution in [0.3, 0.4) is 0 Å². The van der Waals surface area contributed by atoms with Gasteiger partial charge in [0.25, 0.3) is 0 Å². The normalized spacial score (nSPS) is 26.7. The van der Waals surface area contributed by atoms with Gasteiger partial charge in [-0.3, -0.25) is 0 Å². The zero-order valence-electron chi connectivity index (χ0n) is 16.2. The highest BCUT2D eigenvalue weighted by Gasteiger charge is 2.16. The first-order valence-corrected chi connectivity index (χ1v) is 10.1. The molecule has 2 heteroatoms. The third-order valence-corrected chi connectivity index (χ3v) is 5.55. The summed E-state index contributed by atoms with van der Waals surface area (Å²) in [5.41, 5.74) is 0. The Kier molecular flexibility index (Phi) is 9.66. The van der Waals surface area contributed by atoms with Crippen LogP contribution in [0.15, 0.2) is 0 Å². The molecule has 0 spiro atoms. The monoisotopic (exact) mass is 312 g/mol. The molecule has 2 nitrogen and oxygen atoms in total. The molecule has 0 aromatic heterocycles. The van der Waals surface area contributed by atoms with Gasteiger partial charge in [0.05, 0.1) is 54.4 Å². The lowest BCUT2D eigenvalue weighted by molar-refractivity contribution is -0.891. The van der Waals surface area contributed by atoms with Crippen molar-refractivity contribution in [3.63, 3.8) is 0 Å². The zero-order chi connectivity index (χ0) is 16.3. The topological polar surface area (TPSA) is 0 Å². The van der Waals surface area contributed by atoms with E-state index in [1.54, 1.807) is 0 Å². The molecule has 0 atom stereocenters. The maximum absolute atomic E-state index is 2.43. The van der Waals surface area contributed by atoms with Crippen molar-refractivity contribution in [1.82, 2.24) is 0 Å². The van der Waals surface area contributed by atoms with Crippen LogP contribution < -0.4 is 0 Å². The van der Waals surface area contributed by atoms with Crippen molar-refractivity contribution in [3.05, 3.63) is 0 Å². The van der Waals surface area contributed by atoms with E-state index in [4.69, 9.17) is 0 Å². The Hall–Kier alpha value is -0.0800. The molecule has 0 aliphatic carbocycles. The summed E-state index contributed by atoms with van der Waals surface area (Å²) in [6, 6.07) is 0. The molecule has 132 valence electrons. The quantitative estimate of drug-likeness (QED) is 0.562. The van der Waals surface area contributed by atoms with Gasteiger partial charge in [0, 0.05) is 0 Å². The van der Waals surface area contributed by atoms with E-state index >= 15 is 0 Å². The second kappa shape index (κ2) is 10.6. The van der Waals surface area contributed by atoms with Crippen molar-refractivity contribution < 1.29 is 8.97 Å². The Morgan fingerprint density at radius 1 is 0.318 bits per heavy atom. The summed E-state index contributed by atoms with van der Waals surface area (Å²) in [6.07, 6.45) is 17.3. The average Bonchev–Trinajstić information content (AvgIpc) is 2.43. The molecule has 1 fully saturated rings. The van der Waals surface area contributed by atoms with Crippen LogP contribution >= 0.6 is 0 Å². The number of rotatable bonds is 0. The van der Waals surface area contributed by atoms with Crippen molar-refractivity contribution in [1.29, 1.82) is 0 Å². The lowest BCUT2D eigenvalue weighted by atomic mass is 10.1. The van der Waals surface area contributed by atoms with Crippen LogP contribution in [0.5, 0.6) is 0 Å². The van der Waals surface area contributed by atoms with Crippen molar-refractivity contribution in [2.45, 2.75) is 77.0 Å². The van der Waals surface area contributed by atoms with Gasteiger partial charge in [0.2, 0.25) is 0 Å². The van der Waals surface area contributed by atoms with E-state index in [-0.39, 0.29) is 0 Å². The Morgan fingerprint density at radius 3 is 0.727 bits per heavy atom.